The first-order valence-electron chi connectivity index (χ1n) is 13.6. The summed E-state index contributed by atoms with van der Waals surface area (Å²) in [6, 6.07) is 47.8. The molecule has 2 nitrogen and oxygen atoms in total. The first-order valence-corrected chi connectivity index (χ1v) is 13.6. The Labute approximate surface area is 232 Å². The monoisotopic (exact) mass is 508 g/mol. The highest BCUT2D eigenvalue weighted by Gasteiger charge is 2.12. The molecule has 0 unspecified atom stereocenters. The van der Waals surface area contributed by atoms with E-state index in [-0.39, 0.29) is 0 Å². The molecule has 0 saturated carbocycles. The molecule has 8 aromatic rings. The van der Waals surface area contributed by atoms with E-state index in [1.807, 2.05) is 18.2 Å². The van der Waals surface area contributed by atoms with Crippen molar-refractivity contribution in [3.63, 3.8) is 0 Å². The zero-order valence-electron chi connectivity index (χ0n) is 21.8. The number of benzene rings is 6. The van der Waals surface area contributed by atoms with Crippen LogP contribution < -0.4 is 0 Å². The maximum absolute atomic E-state index is 4.89. The number of rotatable bonds is 4. The summed E-state index contributed by atoms with van der Waals surface area (Å²) in [4.78, 5) is 9.00. The lowest BCUT2D eigenvalue weighted by atomic mass is 9.89. The summed E-state index contributed by atoms with van der Waals surface area (Å²) < 4.78 is 0. The van der Waals surface area contributed by atoms with Gasteiger partial charge < -0.3 is 0 Å². The van der Waals surface area contributed by atoms with E-state index < -0.39 is 0 Å². The molecule has 2 heteroatoms. The van der Waals surface area contributed by atoms with E-state index >= 15 is 0 Å². The van der Waals surface area contributed by atoms with Crippen molar-refractivity contribution in [3.8, 4) is 44.8 Å². The Hall–Kier alpha value is -5.34. The summed E-state index contributed by atoms with van der Waals surface area (Å²) in [7, 11) is 0. The third-order valence-electron chi connectivity index (χ3n) is 7.96. The molecule has 0 aliphatic rings. The normalized spacial score (nSPS) is 11.5. The lowest BCUT2D eigenvalue weighted by molar-refractivity contribution is 1.29. The zero-order valence-corrected chi connectivity index (χ0v) is 21.8. The van der Waals surface area contributed by atoms with Gasteiger partial charge in [0, 0.05) is 23.5 Å². The maximum Gasteiger partial charge on any atom is 0.0710 e. The second-order valence-electron chi connectivity index (χ2n) is 10.3. The Morgan fingerprint density at radius 3 is 1.52 bits per heavy atom. The summed E-state index contributed by atoms with van der Waals surface area (Å²) in [6.07, 6.45) is 3.60. The molecule has 0 saturated heterocycles. The zero-order chi connectivity index (χ0) is 26.5. The number of hydrogen-bond acceptors (Lipinski definition) is 2. The minimum Gasteiger partial charge on any atom is -0.265 e. The van der Waals surface area contributed by atoms with Crippen LogP contribution in [0.1, 0.15) is 0 Å². The molecule has 0 aliphatic carbocycles. The van der Waals surface area contributed by atoms with Gasteiger partial charge in [0.25, 0.3) is 0 Å². The number of nitrogens with zero attached hydrogens (tertiary/aromatic N) is 2. The van der Waals surface area contributed by atoms with Crippen molar-refractivity contribution in [2.45, 2.75) is 0 Å². The van der Waals surface area contributed by atoms with Crippen molar-refractivity contribution >= 4 is 32.3 Å². The van der Waals surface area contributed by atoms with Crippen molar-refractivity contribution in [2.75, 3.05) is 0 Å². The minimum absolute atomic E-state index is 0.950. The minimum atomic E-state index is 0.950. The van der Waals surface area contributed by atoms with Crippen LogP contribution in [0.4, 0.5) is 0 Å². The van der Waals surface area contributed by atoms with Crippen molar-refractivity contribution in [2.24, 2.45) is 0 Å². The van der Waals surface area contributed by atoms with E-state index in [4.69, 9.17) is 4.98 Å². The Bertz CT molecular complexity index is 2110. The second kappa shape index (κ2) is 9.14. The van der Waals surface area contributed by atoms with Gasteiger partial charge in [-0.2, -0.15) is 0 Å². The summed E-state index contributed by atoms with van der Waals surface area (Å²) in [6.45, 7) is 0. The smallest absolute Gasteiger partial charge is 0.0710 e. The van der Waals surface area contributed by atoms with Crippen LogP contribution >= 0.6 is 0 Å². The lowest BCUT2D eigenvalue weighted by Gasteiger charge is -2.14. The number of aromatic nitrogens is 2. The molecule has 186 valence electrons. The Balaban J connectivity index is 1.12. The molecule has 0 aliphatic heterocycles. The first-order chi connectivity index (χ1) is 19.8. The van der Waals surface area contributed by atoms with Crippen molar-refractivity contribution in [3.05, 3.63) is 146 Å². The summed E-state index contributed by atoms with van der Waals surface area (Å²) >= 11 is 0. The highest BCUT2D eigenvalue weighted by Crippen LogP contribution is 2.39. The van der Waals surface area contributed by atoms with Gasteiger partial charge in [-0.3, -0.25) is 4.98 Å². The molecule has 2 heterocycles. The molecule has 0 N–H and O–H groups in total. The Kier molecular flexibility index (Phi) is 5.17. The van der Waals surface area contributed by atoms with Crippen LogP contribution in [-0.2, 0) is 0 Å². The van der Waals surface area contributed by atoms with Gasteiger partial charge in [-0.1, -0.05) is 109 Å². The van der Waals surface area contributed by atoms with Crippen molar-refractivity contribution in [1.29, 1.82) is 0 Å². The molecule has 0 atom stereocenters. The summed E-state index contributed by atoms with van der Waals surface area (Å²) in [5, 5.41) is 7.91. The van der Waals surface area contributed by atoms with Crippen LogP contribution in [0, 0.1) is 0 Å². The van der Waals surface area contributed by atoms with Gasteiger partial charge in [0.1, 0.15) is 0 Å². The third kappa shape index (κ3) is 3.73. The van der Waals surface area contributed by atoms with Gasteiger partial charge in [-0.05, 0) is 78.8 Å². The van der Waals surface area contributed by atoms with E-state index in [1.165, 1.54) is 54.6 Å². The fraction of sp³-hybridized carbons (Fsp3) is 0. The van der Waals surface area contributed by atoms with E-state index in [2.05, 4.69) is 120 Å². The third-order valence-corrected chi connectivity index (χ3v) is 7.96. The summed E-state index contributed by atoms with van der Waals surface area (Å²) in [5.74, 6) is 0. The molecule has 40 heavy (non-hydrogen) atoms. The maximum atomic E-state index is 4.89. The topological polar surface area (TPSA) is 25.8 Å². The lowest BCUT2D eigenvalue weighted by Crippen LogP contribution is -1.88. The number of pyridine rings is 2. The Morgan fingerprint density at radius 1 is 0.350 bits per heavy atom. The fourth-order valence-corrected chi connectivity index (χ4v) is 5.94. The molecule has 0 bridgehead atoms. The predicted octanol–water partition coefficient (Wildman–Crippen LogP) is 10.0. The highest BCUT2D eigenvalue weighted by molar-refractivity contribution is 6.25. The van der Waals surface area contributed by atoms with Crippen molar-refractivity contribution < 1.29 is 0 Å². The van der Waals surface area contributed by atoms with E-state index in [9.17, 15) is 0 Å². The van der Waals surface area contributed by atoms with Crippen LogP contribution in [0.25, 0.3) is 77.1 Å². The van der Waals surface area contributed by atoms with Gasteiger partial charge in [0.2, 0.25) is 0 Å². The van der Waals surface area contributed by atoms with E-state index in [1.54, 1.807) is 12.4 Å². The largest absolute Gasteiger partial charge is 0.265 e. The molecule has 0 spiro atoms. The quantitative estimate of drug-likeness (QED) is 0.221. The number of hydrogen-bond donors (Lipinski definition) is 0. The molecule has 6 aromatic carbocycles. The van der Waals surface area contributed by atoms with Crippen LogP contribution in [0.15, 0.2) is 146 Å². The Morgan fingerprint density at radius 2 is 0.850 bits per heavy atom. The SMILES string of the molecule is c1cc(-c2ccncc2)nc(-c2ccc(-c3ccc(-c4ccc5ccc6cccc7ccc4c5c67)cc3)cc2)c1. The van der Waals surface area contributed by atoms with E-state index in [0.29, 0.717) is 0 Å². The standard InChI is InChI=1S/C38H24N2/c1-3-30-15-16-32-17-19-33(34-20-18-31(4-1)37(30)38(32)34)27-11-7-25(8-12-27)26-9-13-28(14-10-26)35-5-2-6-36(40-35)29-21-23-39-24-22-29/h1-24H. The second-order valence-corrected chi connectivity index (χ2v) is 10.3. The first kappa shape index (κ1) is 22.6. The van der Waals surface area contributed by atoms with E-state index in [0.717, 1.165) is 22.5 Å². The molecular formula is C38H24N2. The average Bonchev–Trinajstić information content (AvgIpc) is 3.04. The molecule has 0 amide bonds. The van der Waals surface area contributed by atoms with Crippen LogP contribution in [0.2, 0.25) is 0 Å². The highest BCUT2D eigenvalue weighted by atomic mass is 14.7. The van der Waals surface area contributed by atoms with Gasteiger partial charge in [0.05, 0.1) is 11.4 Å². The van der Waals surface area contributed by atoms with Gasteiger partial charge in [-0.25, -0.2) is 4.98 Å². The van der Waals surface area contributed by atoms with Gasteiger partial charge in [-0.15, -0.1) is 0 Å². The van der Waals surface area contributed by atoms with Crippen molar-refractivity contribution in [1.82, 2.24) is 9.97 Å². The molecule has 0 fully saturated rings. The molecule has 8 rings (SSSR count). The average molecular weight is 509 g/mol. The summed E-state index contributed by atoms with van der Waals surface area (Å²) in [5.41, 5.74) is 8.98. The molecule has 2 aromatic heterocycles. The molecule has 0 radical (unpaired) electrons. The van der Waals surface area contributed by atoms with Crippen LogP contribution in [-0.4, -0.2) is 9.97 Å². The van der Waals surface area contributed by atoms with Crippen LogP contribution in [0.5, 0.6) is 0 Å². The fourth-order valence-electron chi connectivity index (χ4n) is 5.94. The van der Waals surface area contributed by atoms with Gasteiger partial charge >= 0.3 is 0 Å². The predicted molar refractivity (Wildman–Crippen MR) is 167 cm³/mol. The van der Waals surface area contributed by atoms with Gasteiger partial charge in [0.15, 0.2) is 0 Å². The molecular weight excluding hydrogens is 484 g/mol. The van der Waals surface area contributed by atoms with Crippen LogP contribution in [0.3, 0.4) is 0 Å².